The van der Waals surface area contributed by atoms with Gasteiger partial charge in [0.25, 0.3) is 5.91 Å². The summed E-state index contributed by atoms with van der Waals surface area (Å²) in [5.41, 5.74) is 6.25. The first-order valence-electron chi connectivity index (χ1n) is 9.02. The highest BCUT2D eigenvalue weighted by atomic mass is 19.4. The Morgan fingerprint density at radius 2 is 1.85 bits per heavy atom. The number of alkyl halides is 3. The number of morpholine rings is 1. The fraction of sp³-hybridized carbons (Fsp3) is 0.722. The van der Waals surface area contributed by atoms with Crippen LogP contribution in [0.25, 0.3) is 0 Å². The molecule has 9 heteroatoms. The molecule has 1 saturated heterocycles. The van der Waals surface area contributed by atoms with Gasteiger partial charge in [-0.15, -0.1) is 0 Å². The van der Waals surface area contributed by atoms with E-state index in [0.29, 0.717) is 18.8 Å². The number of hydrogen-bond acceptors (Lipinski definition) is 5. The summed E-state index contributed by atoms with van der Waals surface area (Å²) in [6.45, 7) is 5.49. The lowest BCUT2D eigenvalue weighted by Gasteiger charge is -2.36. The fourth-order valence-corrected chi connectivity index (χ4v) is 3.50. The molecule has 1 aliphatic carbocycles. The smallest absolute Gasteiger partial charge is 0.392 e. The van der Waals surface area contributed by atoms with Crippen LogP contribution in [0.4, 0.5) is 13.2 Å². The van der Waals surface area contributed by atoms with E-state index in [4.69, 9.17) is 10.5 Å². The number of carbonyl (C=O) groups is 2. The van der Waals surface area contributed by atoms with Gasteiger partial charge in [0.15, 0.2) is 5.78 Å². The standard InChI is InChI=1S/C18H26F3N3O3/c1-10(25)7-23-15-5-4-13(18(19,20)21)6-14(15)16(22)17(26)24-8-11(2)27-12(3)9-24/h11-13H,4-9,22H2,1-3H3/b16-14-,23-15?/t11-,12+,13?. The van der Waals surface area contributed by atoms with Crippen molar-refractivity contribution in [3.63, 3.8) is 0 Å². The molecule has 0 aromatic heterocycles. The number of carbonyl (C=O) groups excluding carboxylic acids is 2. The predicted octanol–water partition coefficient (Wildman–Crippen LogP) is 2.23. The van der Waals surface area contributed by atoms with Gasteiger partial charge in [-0.05, 0) is 40.0 Å². The molecule has 27 heavy (non-hydrogen) atoms. The third-order valence-corrected chi connectivity index (χ3v) is 4.75. The lowest BCUT2D eigenvalue weighted by molar-refractivity contribution is -0.176. The van der Waals surface area contributed by atoms with Crippen LogP contribution in [0.1, 0.15) is 40.0 Å². The van der Waals surface area contributed by atoms with Crippen molar-refractivity contribution in [1.29, 1.82) is 0 Å². The number of ketones is 1. The van der Waals surface area contributed by atoms with E-state index >= 15 is 0 Å². The van der Waals surface area contributed by atoms with Crippen molar-refractivity contribution in [3.05, 3.63) is 11.3 Å². The minimum Gasteiger partial charge on any atom is -0.394 e. The van der Waals surface area contributed by atoms with Crippen molar-refractivity contribution in [1.82, 2.24) is 4.90 Å². The number of aliphatic imine (C=N–C) groups is 1. The number of nitrogens with zero attached hydrogens (tertiary/aromatic N) is 2. The van der Waals surface area contributed by atoms with E-state index in [1.807, 2.05) is 13.8 Å². The lowest BCUT2D eigenvalue weighted by Crippen LogP contribution is -2.50. The van der Waals surface area contributed by atoms with Crippen LogP contribution in [0.2, 0.25) is 0 Å². The third-order valence-electron chi connectivity index (χ3n) is 4.75. The zero-order chi connectivity index (χ0) is 20.4. The second-order valence-electron chi connectivity index (χ2n) is 7.31. The zero-order valence-electron chi connectivity index (χ0n) is 15.8. The summed E-state index contributed by atoms with van der Waals surface area (Å²) in [5.74, 6) is -2.29. The van der Waals surface area contributed by atoms with Crippen LogP contribution in [0, 0.1) is 5.92 Å². The Kier molecular flexibility index (Phi) is 6.67. The van der Waals surface area contributed by atoms with Crippen molar-refractivity contribution < 1.29 is 27.5 Å². The summed E-state index contributed by atoms with van der Waals surface area (Å²) in [5, 5.41) is 0. The molecule has 0 aromatic rings. The van der Waals surface area contributed by atoms with Gasteiger partial charge >= 0.3 is 6.18 Å². The normalized spacial score (nSPS) is 30.4. The quantitative estimate of drug-likeness (QED) is 0.750. The Morgan fingerprint density at radius 1 is 1.26 bits per heavy atom. The van der Waals surface area contributed by atoms with Gasteiger partial charge in [0.1, 0.15) is 5.70 Å². The van der Waals surface area contributed by atoms with Crippen LogP contribution in [0.5, 0.6) is 0 Å². The minimum absolute atomic E-state index is 0.0384. The average Bonchev–Trinajstić information content (AvgIpc) is 2.56. The molecule has 0 aromatic carbocycles. The molecule has 2 aliphatic rings. The van der Waals surface area contributed by atoms with Crippen LogP contribution >= 0.6 is 0 Å². The highest BCUT2D eigenvalue weighted by Crippen LogP contribution is 2.39. The molecule has 1 saturated carbocycles. The molecule has 1 amide bonds. The molecule has 1 aliphatic heterocycles. The van der Waals surface area contributed by atoms with Crippen molar-refractivity contribution >= 4 is 17.4 Å². The van der Waals surface area contributed by atoms with Crippen LogP contribution in [-0.4, -0.2) is 60.3 Å². The summed E-state index contributed by atoms with van der Waals surface area (Å²) in [4.78, 5) is 29.7. The van der Waals surface area contributed by atoms with Crippen LogP contribution in [0.3, 0.4) is 0 Å². The molecule has 0 spiro atoms. The Hall–Kier alpha value is -1.90. The molecule has 1 heterocycles. The Morgan fingerprint density at radius 3 is 2.37 bits per heavy atom. The number of nitrogens with two attached hydrogens (primary N) is 1. The number of amides is 1. The molecule has 6 nitrogen and oxygen atoms in total. The number of halogens is 3. The van der Waals surface area contributed by atoms with Gasteiger partial charge in [-0.3, -0.25) is 14.6 Å². The van der Waals surface area contributed by atoms with Gasteiger partial charge < -0.3 is 15.4 Å². The molecule has 1 unspecified atom stereocenters. The van der Waals surface area contributed by atoms with Crippen molar-refractivity contribution in [2.75, 3.05) is 19.6 Å². The molecule has 0 bridgehead atoms. The summed E-state index contributed by atoms with van der Waals surface area (Å²) in [6.07, 6.45) is -5.23. The van der Waals surface area contributed by atoms with Crippen LogP contribution in [-0.2, 0) is 14.3 Å². The van der Waals surface area contributed by atoms with E-state index in [1.54, 1.807) is 0 Å². The maximum atomic E-state index is 13.2. The summed E-state index contributed by atoms with van der Waals surface area (Å²) < 4.78 is 45.2. The molecule has 2 rings (SSSR count). The van der Waals surface area contributed by atoms with E-state index in [1.165, 1.54) is 11.8 Å². The lowest BCUT2D eigenvalue weighted by atomic mass is 9.82. The maximum absolute atomic E-state index is 13.2. The number of rotatable bonds is 3. The second kappa shape index (κ2) is 8.41. The summed E-state index contributed by atoms with van der Waals surface area (Å²) in [7, 11) is 0. The molecule has 2 N–H and O–H groups in total. The number of ether oxygens (including phenoxy) is 1. The van der Waals surface area contributed by atoms with Gasteiger partial charge in [-0.1, -0.05) is 0 Å². The Labute approximate surface area is 156 Å². The molecular weight excluding hydrogens is 363 g/mol. The average molecular weight is 389 g/mol. The van der Waals surface area contributed by atoms with Gasteiger partial charge in [0.05, 0.1) is 24.7 Å². The van der Waals surface area contributed by atoms with E-state index < -0.39 is 24.4 Å². The second-order valence-corrected chi connectivity index (χ2v) is 7.31. The van der Waals surface area contributed by atoms with Gasteiger partial charge in [0, 0.05) is 24.4 Å². The molecule has 2 fully saturated rings. The molecular formula is C18H26F3N3O3. The van der Waals surface area contributed by atoms with Gasteiger partial charge in [-0.25, -0.2) is 0 Å². The van der Waals surface area contributed by atoms with Crippen molar-refractivity contribution in [3.8, 4) is 0 Å². The summed E-state index contributed by atoms with van der Waals surface area (Å²) in [6, 6.07) is 0. The Bertz CT molecular complexity index is 648. The van der Waals surface area contributed by atoms with E-state index in [-0.39, 0.29) is 48.6 Å². The number of allylic oxidation sites excluding steroid dienone is 1. The minimum atomic E-state index is -4.37. The first kappa shape index (κ1) is 21.4. The Balaban J connectivity index is 2.33. The summed E-state index contributed by atoms with van der Waals surface area (Å²) >= 11 is 0. The fourth-order valence-electron chi connectivity index (χ4n) is 3.50. The zero-order valence-corrected chi connectivity index (χ0v) is 15.8. The van der Waals surface area contributed by atoms with Crippen molar-refractivity contribution in [2.45, 2.75) is 58.4 Å². The van der Waals surface area contributed by atoms with Crippen molar-refractivity contribution in [2.24, 2.45) is 16.6 Å². The first-order valence-corrected chi connectivity index (χ1v) is 9.02. The van der Waals surface area contributed by atoms with Crippen LogP contribution < -0.4 is 5.73 Å². The van der Waals surface area contributed by atoms with E-state index in [2.05, 4.69) is 4.99 Å². The van der Waals surface area contributed by atoms with Gasteiger partial charge in [0.2, 0.25) is 0 Å². The highest BCUT2D eigenvalue weighted by molar-refractivity contribution is 6.08. The van der Waals surface area contributed by atoms with E-state index in [9.17, 15) is 22.8 Å². The van der Waals surface area contributed by atoms with Gasteiger partial charge in [-0.2, -0.15) is 13.2 Å². The topological polar surface area (TPSA) is 85.0 Å². The number of Topliss-reactive ketones (excluding diaryl/α,β-unsaturated/α-hetero) is 1. The monoisotopic (exact) mass is 389 g/mol. The highest BCUT2D eigenvalue weighted by Gasteiger charge is 2.43. The SMILES string of the molecule is CC(=O)CN=C1CCC(C(F)(F)F)C/C1=C(/N)C(=O)N1C[C@@H](C)O[C@@H](C)C1. The number of hydrogen-bond donors (Lipinski definition) is 1. The molecule has 3 atom stereocenters. The predicted molar refractivity (Wildman–Crippen MR) is 94.2 cm³/mol. The molecule has 152 valence electrons. The first-order chi connectivity index (χ1) is 12.5. The maximum Gasteiger partial charge on any atom is 0.392 e. The van der Waals surface area contributed by atoms with E-state index in [0.717, 1.165) is 0 Å². The largest absolute Gasteiger partial charge is 0.394 e. The molecule has 0 radical (unpaired) electrons. The third kappa shape index (κ3) is 5.54. The van der Waals surface area contributed by atoms with Crippen LogP contribution in [0.15, 0.2) is 16.3 Å².